The van der Waals surface area contributed by atoms with Crippen LogP contribution in [0.3, 0.4) is 0 Å². The van der Waals surface area contributed by atoms with Crippen LogP contribution in [-0.2, 0) is 21.3 Å². The highest BCUT2D eigenvalue weighted by atomic mass is 32.2. The van der Waals surface area contributed by atoms with Crippen LogP contribution in [-0.4, -0.2) is 34.2 Å². The molecule has 0 saturated heterocycles. The van der Waals surface area contributed by atoms with Gasteiger partial charge in [0.1, 0.15) is 4.90 Å². The first-order chi connectivity index (χ1) is 9.88. The average Bonchev–Trinajstić information content (AvgIpc) is 2.78. The molecule has 2 N–H and O–H groups in total. The van der Waals surface area contributed by atoms with Gasteiger partial charge in [0.05, 0.1) is 0 Å². The number of rotatable bonds is 10. The molecule has 1 aromatic rings. The van der Waals surface area contributed by atoms with E-state index in [-0.39, 0.29) is 0 Å². The number of thiophene rings is 1. The van der Waals surface area contributed by atoms with E-state index in [2.05, 4.69) is 10.0 Å². The van der Waals surface area contributed by atoms with Crippen molar-refractivity contribution in [2.24, 2.45) is 0 Å². The standard InChI is InChI=1S/C14H26N2O3S2/c1-5-19-8-6-7-16-21(17,18)14-12(4)10-20-13(14)9-15-11(2)3/h10-11,15-16H,5-9H2,1-4H3. The molecule has 1 rings (SSSR count). The van der Waals surface area contributed by atoms with E-state index in [1.165, 1.54) is 11.3 Å². The van der Waals surface area contributed by atoms with E-state index in [0.717, 1.165) is 10.4 Å². The van der Waals surface area contributed by atoms with Gasteiger partial charge in [0.25, 0.3) is 0 Å². The van der Waals surface area contributed by atoms with E-state index in [1.807, 2.05) is 33.1 Å². The number of sulfonamides is 1. The third-order valence-corrected chi connectivity index (χ3v) is 5.81. The van der Waals surface area contributed by atoms with Crippen molar-refractivity contribution < 1.29 is 13.2 Å². The minimum absolute atomic E-state index is 0.321. The summed E-state index contributed by atoms with van der Waals surface area (Å²) in [5.74, 6) is 0. The molecular formula is C14H26N2O3S2. The molecule has 0 aliphatic carbocycles. The summed E-state index contributed by atoms with van der Waals surface area (Å²) in [5, 5.41) is 5.16. The van der Waals surface area contributed by atoms with Gasteiger partial charge < -0.3 is 10.1 Å². The molecule has 0 fully saturated rings. The topological polar surface area (TPSA) is 67.4 Å². The first kappa shape index (κ1) is 18.6. The SMILES string of the molecule is CCOCCCNS(=O)(=O)c1c(C)csc1CNC(C)C. The summed E-state index contributed by atoms with van der Waals surface area (Å²) in [6, 6.07) is 0.321. The van der Waals surface area contributed by atoms with E-state index < -0.39 is 10.0 Å². The fourth-order valence-corrected chi connectivity index (χ4v) is 4.70. The van der Waals surface area contributed by atoms with Crippen molar-refractivity contribution in [3.8, 4) is 0 Å². The molecule has 122 valence electrons. The molecule has 0 saturated carbocycles. The predicted octanol–water partition coefficient (Wildman–Crippen LogP) is 2.26. The minimum atomic E-state index is -3.45. The molecular weight excluding hydrogens is 308 g/mol. The second kappa shape index (κ2) is 8.85. The van der Waals surface area contributed by atoms with Crippen LogP contribution in [0.15, 0.2) is 10.3 Å². The zero-order valence-electron chi connectivity index (χ0n) is 13.2. The van der Waals surface area contributed by atoms with Crippen molar-refractivity contribution in [3.05, 3.63) is 15.8 Å². The summed E-state index contributed by atoms with van der Waals surface area (Å²) in [7, 11) is -3.45. The monoisotopic (exact) mass is 334 g/mol. The lowest BCUT2D eigenvalue weighted by Crippen LogP contribution is -2.28. The van der Waals surface area contributed by atoms with Crippen molar-refractivity contribution in [3.63, 3.8) is 0 Å². The molecule has 0 bridgehead atoms. The Bertz CT molecular complexity index is 524. The Morgan fingerprint density at radius 1 is 1.38 bits per heavy atom. The summed E-state index contributed by atoms with van der Waals surface area (Å²) in [6.07, 6.45) is 0.676. The summed E-state index contributed by atoms with van der Waals surface area (Å²) in [4.78, 5) is 1.29. The fraction of sp³-hybridized carbons (Fsp3) is 0.714. The molecule has 0 aromatic carbocycles. The van der Waals surface area contributed by atoms with Gasteiger partial charge in [-0.1, -0.05) is 13.8 Å². The molecule has 0 unspecified atom stereocenters. The Morgan fingerprint density at radius 2 is 2.10 bits per heavy atom. The highest BCUT2D eigenvalue weighted by Gasteiger charge is 2.22. The lowest BCUT2D eigenvalue weighted by molar-refractivity contribution is 0.146. The summed E-state index contributed by atoms with van der Waals surface area (Å²) >= 11 is 1.49. The molecule has 0 amide bonds. The Kier molecular flexibility index (Phi) is 7.83. The second-order valence-electron chi connectivity index (χ2n) is 5.15. The first-order valence-electron chi connectivity index (χ1n) is 7.26. The number of aryl methyl sites for hydroxylation is 1. The summed E-state index contributed by atoms with van der Waals surface area (Å²) in [5.41, 5.74) is 0.804. The van der Waals surface area contributed by atoms with Crippen molar-refractivity contribution in [2.45, 2.75) is 51.6 Å². The maximum atomic E-state index is 12.4. The van der Waals surface area contributed by atoms with Crippen molar-refractivity contribution in [2.75, 3.05) is 19.8 Å². The van der Waals surface area contributed by atoms with Gasteiger partial charge >= 0.3 is 0 Å². The van der Waals surface area contributed by atoms with Crippen LogP contribution < -0.4 is 10.0 Å². The zero-order chi connectivity index (χ0) is 15.9. The van der Waals surface area contributed by atoms with Crippen LogP contribution in [0.4, 0.5) is 0 Å². The summed E-state index contributed by atoms with van der Waals surface area (Å²) < 4.78 is 32.7. The summed E-state index contributed by atoms with van der Waals surface area (Å²) in [6.45, 7) is 10.0. The zero-order valence-corrected chi connectivity index (χ0v) is 14.9. The maximum absolute atomic E-state index is 12.4. The van der Waals surface area contributed by atoms with Gasteiger partial charge in [-0.25, -0.2) is 13.1 Å². The number of ether oxygens (including phenoxy) is 1. The first-order valence-corrected chi connectivity index (χ1v) is 9.62. The maximum Gasteiger partial charge on any atom is 0.241 e. The lowest BCUT2D eigenvalue weighted by Gasteiger charge is -2.11. The van der Waals surface area contributed by atoms with Crippen LogP contribution in [0.2, 0.25) is 0 Å². The van der Waals surface area contributed by atoms with Gasteiger partial charge in [0.2, 0.25) is 10.0 Å². The van der Waals surface area contributed by atoms with Crippen molar-refractivity contribution >= 4 is 21.4 Å². The molecule has 0 radical (unpaired) electrons. The molecule has 7 heteroatoms. The van der Waals surface area contributed by atoms with Gasteiger partial charge in [-0.2, -0.15) is 0 Å². The second-order valence-corrected chi connectivity index (χ2v) is 7.82. The van der Waals surface area contributed by atoms with E-state index in [1.54, 1.807) is 0 Å². The Morgan fingerprint density at radius 3 is 2.71 bits per heavy atom. The Balaban J connectivity index is 2.71. The lowest BCUT2D eigenvalue weighted by atomic mass is 10.3. The molecule has 21 heavy (non-hydrogen) atoms. The highest BCUT2D eigenvalue weighted by Crippen LogP contribution is 2.26. The quantitative estimate of drug-likeness (QED) is 0.644. The fourth-order valence-electron chi connectivity index (χ4n) is 1.86. The third-order valence-electron chi connectivity index (χ3n) is 2.89. The normalized spacial score (nSPS) is 12.2. The van der Waals surface area contributed by atoms with Gasteiger partial charge in [-0.15, -0.1) is 11.3 Å². The van der Waals surface area contributed by atoms with E-state index in [4.69, 9.17) is 4.74 Å². The number of hydrogen-bond donors (Lipinski definition) is 2. The van der Waals surface area contributed by atoms with Crippen molar-refractivity contribution in [1.82, 2.24) is 10.0 Å². The van der Waals surface area contributed by atoms with E-state index >= 15 is 0 Å². The van der Waals surface area contributed by atoms with Crippen LogP contribution in [0.25, 0.3) is 0 Å². The average molecular weight is 335 g/mol. The molecule has 0 aliphatic heterocycles. The van der Waals surface area contributed by atoms with Gasteiger partial charge in [0, 0.05) is 37.2 Å². The Labute approximate surface area is 132 Å². The highest BCUT2D eigenvalue weighted by molar-refractivity contribution is 7.89. The molecule has 5 nitrogen and oxygen atoms in total. The predicted molar refractivity (Wildman–Crippen MR) is 87.3 cm³/mol. The molecule has 0 spiro atoms. The number of nitrogens with one attached hydrogen (secondary N) is 2. The molecule has 0 atom stereocenters. The Hall–Kier alpha value is -0.470. The largest absolute Gasteiger partial charge is 0.382 e. The van der Waals surface area contributed by atoms with Crippen LogP contribution in [0, 0.1) is 6.92 Å². The van der Waals surface area contributed by atoms with E-state index in [0.29, 0.717) is 43.7 Å². The smallest absolute Gasteiger partial charge is 0.241 e. The minimum Gasteiger partial charge on any atom is -0.382 e. The van der Waals surface area contributed by atoms with Crippen molar-refractivity contribution in [1.29, 1.82) is 0 Å². The van der Waals surface area contributed by atoms with Crippen LogP contribution in [0.1, 0.15) is 37.6 Å². The number of hydrogen-bond acceptors (Lipinski definition) is 5. The third kappa shape index (κ3) is 6.04. The molecule has 0 aliphatic rings. The van der Waals surface area contributed by atoms with E-state index in [9.17, 15) is 8.42 Å². The molecule has 1 heterocycles. The van der Waals surface area contributed by atoms with Gasteiger partial charge in [-0.3, -0.25) is 0 Å². The van der Waals surface area contributed by atoms with Gasteiger partial charge in [0.15, 0.2) is 0 Å². The van der Waals surface area contributed by atoms with Crippen LogP contribution in [0.5, 0.6) is 0 Å². The van der Waals surface area contributed by atoms with Crippen LogP contribution >= 0.6 is 11.3 Å². The van der Waals surface area contributed by atoms with Gasteiger partial charge in [-0.05, 0) is 31.2 Å². The molecule has 1 aromatic heterocycles.